The van der Waals surface area contributed by atoms with Crippen LogP contribution in [-0.4, -0.2) is 30.4 Å². The van der Waals surface area contributed by atoms with Crippen LogP contribution in [0.2, 0.25) is 0 Å². The highest BCUT2D eigenvalue weighted by Crippen LogP contribution is 2.27. The highest BCUT2D eigenvalue weighted by Gasteiger charge is 2.26. The number of hydrogen-bond donors (Lipinski definition) is 0. The van der Waals surface area contributed by atoms with Crippen LogP contribution in [0.25, 0.3) is 0 Å². The predicted octanol–water partition coefficient (Wildman–Crippen LogP) is 2.29. The first-order valence-electron chi connectivity index (χ1n) is 6.23. The molecule has 1 aromatic carbocycles. The van der Waals surface area contributed by atoms with Crippen LogP contribution in [-0.2, 0) is 20.7 Å². The van der Waals surface area contributed by atoms with Crippen molar-refractivity contribution in [2.45, 2.75) is 24.1 Å². The van der Waals surface area contributed by atoms with E-state index in [1.165, 1.54) is 7.11 Å². The quantitative estimate of drug-likeness (QED) is 0.632. The van der Waals surface area contributed by atoms with E-state index in [-0.39, 0.29) is 11.9 Å². The highest BCUT2D eigenvalue weighted by molar-refractivity contribution is 9.10. The second-order valence-electron chi connectivity index (χ2n) is 4.48. The number of halogens is 1. The number of carbonyl (C=O) groups excluding carboxylic acids is 2. The maximum absolute atomic E-state index is 12.2. The van der Waals surface area contributed by atoms with E-state index in [0.29, 0.717) is 13.0 Å². The first-order valence-corrected chi connectivity index (χ1v) is 7.15. The first kappa shape index (κ1) is 14.1. The molecule has 0 radical (unpaired) electrons. The summed E-state index contributed by atoms with van der Waals surface area (Å²) in [5.41, 5.74) is 2.05. The topological polar surface area (TPSA) is 46.6 Å². The third-order valence-electron chi connectivity index (χ3n) is 3.22. The average Bonchev–Trinajstić information content (AvgIpc) is 2.58. The van der Waals surface area contributed by atoms with Crippen LogP contribution in [0.3, 0.4) is 0 Å². The molecule has 0 aliphatic carbocycles. The lowest BCUT2D eigenvalue weighted by molar-refractivity contribution is -0.139. The van der Waals surface area contributed by atoms with Gasteiger partial charge in [-0.2, -0.15) is 0 Å². The van der Waals surface area contributed by atoms with Crippen molar-refractivity contribution in [1.82, 2.24) is 0 Å². The van der Waals surface area contributed by atoms with Gasteiger partial charge in [0, 0.05) is 18.7 Å². The maximum atomic E-state index is 12.2. The van der Waals surface area contributed by atoms with Gasteiger partial charge in [-0.15, -0.1) is 0 Å². The second kappa shape index (κ2) is 6.19. The standard InChI is InChI=1S/C14H16BrNO3/c1-19-14(18)11(15)9-16-12-7-3-2-5-10(12)6-4-8-13(16)17/h2-3,5,7,11H,4,6,8-9H2,1H3. The molecule has 1 atom stereocenters. The lowest BCUT2D eigenvalue weighted by Gasteiger charge is -2.24. The van der Waals surface area contributed by atoms with E-state index in [9.17, 15) is 9.59 Å². The van der Waals surface area contributed by atoms with Crippen LogP contribution in [0.4, 0.5) is 5.69 Å². The Kier molecular flexibility index (Phi) is 4.58. The van der Waals surface area contributed by atoms with Crippen LogP contribution < -0.4 is 4.90 Å². The van der Waals surface area contributed by atoms with Gasteiger partial charge in [0.15, 0.2) is 0 Å². The average molecular weight is 326 g/mol. The molecular weight excluding hydrogens is 310 g/mol. The molecule has 1 unspecified atom stereocenters. The number of hydrogen-bond acceptors (Lipinski definition) is 3. The monoisotopic (exact) mass is 325 g/mol. The fraction of sp³-hybridized carbons (Fsp3) is 0.429. The van der Waals surface area contributed by atoms with Crippen molar-refractivity contribution in [3.63, 3.8) is 0 Å². The molecule has 0 spiro atoms. The third-order valence-corrected chi connectivity index (χ3v) is 3.88. The number of anilines is 1. The summed E-state index contributed by atoms with van der Waals surface area (Å²) in [6.07, 6.45) is 2.25. The summed E-state index contributed by atoms with van der Waals surface area (Å²) in [5.74, 6) is -0.312. The largest absolute Gasteiger partial charge is 0.468 e. The van der Waals surface area contributed by atoms with Gasteiger partial charge in [-0.25, -0.2) is 0 Å². The minimum absolute atomic E-state index is 0.0540. The Hall–Kier alpha value is -1.36. The molecule has 1 aliphatic rings. The molecule has 19 heavy (non-hydrogen) atoms. The first-order chi connectivity index (χ1) is 9.13. The van der Waals surface area contributed by atoms with Gasteiger partial charge < -0.3 is 9.64 Å². The van der Waals surface area contributed by atoms with Crippen molar-refractivity contribution in [3.8, 4) is 0 Å². The lowest BCUT2D eigenvalue weighted by Crippen LogP contribution is -2.38. The van der Waals surface area contributed by atoms with E-state index >= 15 is 0 Å². The fourth-order valence-corrected chi connectivity index (χ4v) is 2.72. The van der Waals surface area contributed by atoms with Crippen molar-refractivity contribution >= 4 is 33.5 Å². The molecule has 1 heterocycles. The Labute approximate surface area is 120 Å². The number of rotatable bonds is 3. The number of methoxy groups -OCH3 is 1. The Morgan fingerprint density at radius 1 is 1.42 bits per heavy atom. The van der Waals surface area contributed by atoms with Gasteiger partial charge in [-0.3, -0.25) is 9.59 Å². The van der Waals surface area contributed by atoms with Gasteiger partial charge in [0.1, 0.15) is 4.83 Å². The van der Waals surface area contributed by atoms with Gasteiger partial charge >= 0.3 is 5.97 Å². The Morgan fingerprint density at radius 3 is 2.89 bits per heavy atom. The van der Waals surface area contributed by atoms with Crippen molar-refractivity contribution in [3.05, 3.63) is 29.8 Å². The molecule has 0 fully saturated rings. The van der Waals surface area contributed by atoms with Crippen LogP contribution in [0.15, 0.2) is 24.3 Å². The smallest absolute Gasteiger partial charge is 0.321 e. The van der Waals surface area contributed by atoms with E-state index in [2.05, 4.69) is 20.7 Å². The van der Waals surface area contributed by atoms with Crippen LogP contribution >= 0.6 is 15.9 Å². The van der Waals surface area contributed by atoms with E-state index in [4.69, 9.17) is 0 Å². The lowest BCUT2D eigenvalue weighted by atomic mass is 10.1. The number of ether oxygens (including phenoxy) is 1. The van der Waals surface area contributed by atoms with Crippen LogP contribution in [0.1, 0.15) is 18.4 Å². The Morgan fingerprint density at radius 2 is 2.16 bits per heavy atom. The highest BCUT2D eigenvalue weighted by atomic mass is 79.9. The molecule has 5 heteroatoms. The third kappa shape index (κ3) is 3.15. The maximum Gasteiger partial charge on any atom is 0.321 e. The van der Waals surface area contributed by atoms with Crippen LogP contribution in [0, 0.1) is 0 Å². The van der Waals surface area contributed by atoms with Gasteiger partial charge in [0.05, 0.1) is 7.11 Å². The zero-order valence-corrected chi connectivity index (χ0v) is 12.4. The molecule has 0 aromatic heterocycles. The summed E-state index contributed by atoms with van der Waals surface area (Å²) in [6, 6.07) is 7.84. The number of amides is 1. The second-order valence-corrected chi connectivity index (χ2v) is 5.58. The minimum atomic E-state index is -0.507. The molecule has 4 nitrogen and oxygen atoms in total. The summed E-state index contributed by atoms with van der Waals surface area (Å²) in [6.45, 7) is 0.294. The van der Waals surface area contributed by atoms with Crippen molar-refractivity contribution in [2.75, 3.05) is 18.6 Å². The number of alkyl halides is 1. The van der Waals surface area contributed by atoms with Gasteiger partial charge in [0.2, 0.25) is 5.91 Å². The molecule has 0 bridgehead atoms. The van der Waals surface area contributed by atoms with Crippen molar-refractivity contribution < 1.29 is 14.3 Å². The summed E-state index contributed by atoms with van der Waals surface area (Å²) in [7, 11) is 1.34. The number of benzene rings is 1. The Balaban J connectivity index is 2.26. The normalized spacial score (nSPS) is 16.5. The molecule has 102 valence electrons. The number of aryl methyl sites for hydroxylation is 1. The van der Waals surface area contributed by atoms with Gasteiger partial charge in [0.25, 0.3) is 0 Å². The number of para-hydroxylation sites is 1. The summed E-state index contributed by atoms with van der Waals surface area (Å²) >= 11 is 3.28. The van der Waals surface area contributed by atoms with Crippen LogP contribution in [0.5, 0.6) is 0 Å². The summed E-state index contributed by atoms with van der Waals surface area (Å²) in [4.78, 5) is 24.8. The number of fused-ring (bicyclic) bond motifs is 1. The van der Waals surface area contributed by atoms with Crippen molar-refractivity contribution in [2.24, 2.45) is 0 Å². The van der Waals surface area contributed by atoms with Gasteiger partial charge in [-0.1, -0.05) is 34.1 Å². The number of nitrogens with zero attached hydrogens (tertiary/aromatic N) is 1. The SMILES string of the molecule is COC(=O)C(Br)CN1C(=O)CCCc2ccccc21. The molecule has 0 saturated heterocycles. The molecule has 1 aliphatic heterocycles. The molecule has 1 amide bonds. The molecular formula is C14H16BrNO3. The van der Waals surface area contributed by atoms with Crippen molar-refractivity contribution in [1.29, 1.82) is 0 Å². The van der Waals surface area contributed by atoms with E-state index < -0.39 is 4.83 Å². The molecule has 0 N–H and O–H groups in total. The van der Waals surface area contributed by atoms with E-state index in [1.807, 2.05) is 24.3 Å². The Bertz CT molecular complexity index is 489. The van der Waals surface area contributed by atoms with Gasteiger partial charge in [-0.05, 0) is 24.5 Å². The van der Waals surface area contributed by atoms with E-state index in [1.54, 1.807) is 4.90 Å². The number of carbonyl (C=O) groups is 2. The predicted molar refractivity (Wildman–Crippen MR) is 76.5 cm³/mol. The summed E-state index contributed by atoms with van der Waals surface area (Å²) in [5, 5.41) is 0. The minimum Gasteiger partial charge on any atom is -0.468 e. The zero-order chi connectivity index (χ0) is 13.8. The molecule has 2 rings (SSSR count). The summed E-state index contributed by atoms with van der Waals surface area (Å²) < 4.78 is 4.68. The van der Waals surface area contributed by atoms with E-state index in [0.717, 1.165) is 24.1 Å². The fourth-order valence-electron chi connectivity index (χ4n) is 2.25. The zero-order valence-electron chi connectivity index (χ0n) is 10.8. The number of esters is 1. The molecule has 1 aromatic rings. The molecule has 0 saturated carbocycles.